The number of nitrogens with zero attached hydrogens (tertiary/aromatic N) is 1. The summed E-state index contributed by atoms with van der Waals surface area (Å²) in [7, 11) is 1.59. The molecule has 178 valence electrons. The van der Waals surface area contributed by atoms with Crippen molar-refractivity contribution in [3.63, 3.8) is 0 Å². The molecule has 6 nitrogen and oxygen atoms in total. The summed E-state index contributed by atoms with van der Waals surface area (Å²) in [6.45, 7) is 9.28. The molecule has 0 aliphatic carbocycles. The predicted molar refractivity (Wildman–Crippen MR) is 127 cm³/mol. The lowest BCUT2D eigenvalue weighted by atomic mass is 9.80. The van der Waals surface area contributed by atoms with Gasteiger partial charge in [0, 0.05) is 37.9 Å². The van der Waals surface area contributed by atoms with Crippen molar-refractivity contribution >= 4 is 5.91 Å². The molecule has 2 aromatic carbocycles. The van der Waals surface area contributed by atoms with E-state index >= 15 is 0 Å². The Hall–Kier alpha value is -2.73. The van der Waals surface area contributed by atoms with E-state index in [0.717, 1.165) is 25.0 Å². The molecule has 1 fully saturated rings. The van der Waals surface area contributed by atoms with E-state index in [4.69, 9.17) is 18.9 Å². The molecule has 1 saturated heterocycles. The van der Waals surface area contributed by atoms with Gasteiger partial charge in [-0.1, -0.05) is 18.2 Å². The molecule has 2 heterocycles. The minimum absolute atomic E-state index is 0.00298. The van der Waals surface area contributed by atoms with Gasteiger partial charge in [-0.3, -0.25) is 4.79 Å². The van der Waals surface area contributed by atoms with Gasteiger partial charge in [0.15, 0.2) is 11.5 Å². The highest BCUT2D eigenvalue weighted by molar-refractivity contribution is 5.95. The predicted octanol–water partition coefficient (Wildman–Crippen LogP) is 4.89. The lowest BCUT2D eigenvalue weighted by Crippen LogP contribution is -2.59. The SMILES string of the molecule is COc1cc(C(=O)N2CCC3(CC2)Oc2ccccc2CC3OC(C)C)ccc1OC(C)C. The van der Waals surface area contributed by atoms with Gasteiger partial charge in [-0.2, -0.15) is 0 Å². The number of piperidine rings is 1. The van der Waals surface area contributed by atoms with Gasteiger partial charge in [0.1, 0.15) is 17.5 Å². The van der Waals surface area contributed by atoms with Crippen LogP contribution in [0.3, 0.4) is 0 Å². The molecular formula is C27H35NO5. The average Bonchev–Trinajstić information content (AvgIpc) is 2.79. The molecule has 1 amide bonds. The zero-order chi connectivity index (χ0) is 23.6. The van der Waals surface area contributed by atoms with Crippen molar-refractivity contribution in [2.24, 2.45) is 0 Å². The topological polar surface area (TPSA) is 57.2 Å². The maximum absolute atomic E-state index is 13.3. The molecule has 0 bridgehead atoms. The van der Waals surface area contributed by atoms with Crippen LogP contribution in [0.25, 0.3) is 0 Å². The number of carbonyl (C=O) groups is 1. The summed E-state index contributed by atoms with van der Waals surface area (Å²) in [5.74, 6) is 2.15. The Morgan fingerprint density at radius 3 is 2.42 bits per heavy atom. The third-order valence-corrected chi connectivity index (χ3v) is 6.38. The Morgan fingerprint density at radius 2 is 1.76 bits per heavy atom. The third-order valence-electron chi connectivity index (χ3n) is 6.38. The molecule has 1 atom stereocenters. The quantitative estimate of drug-likeness (QED) is 0.624. The number of methoxy groups -OCH3 is 1. The molecule has 0 radical (unpaired) electrons. The van der Waals surface area contributed by atoms with Crippen LogP contribution in [0, 0.1) is 0 Å². The fourth-order valence-electron chi connectivity index (χ4n) is 4.79. The fraction of sp³-hybridized carbons (Fsp3) is 0.519. The number of fused-ring (bicyclic) bond motifs is 1. The smallest absolute Gasteiger partial charge is 0.253 e. The van der Waals surface area contributed by atoms with Gasteiger partial charge >= 0.3 is 0 Å². The number of likely N-dealkylation sites (tertiary alicyclic amines) is 1. The van der Waals surface area contributed by atoms with Gasteiger partial charge < -0.3 is 23.8 Å². The number of para-hydroxylation sites is 1. The minimum Gasteiger partial charge on any atom is -0.493 e. The molecule has 6 heteroatoms. The van der Waals surface area contributed by atoms with Crippen LogP contribution < -0.4 is 14.2 Å². The van der Waals surface area contributed by atoms with E-state index in [2.05, 4.69) is 19.9 Å². The molecule has 0 saturated carbocycles. The Labute approximate surface area is 196 Å². The normalized spacial score (nSPS) is 19.4. The molecule has 1 spiro atoms. The Kier molecular flexibility index (Phi) is 6.84. The van der Waals surface area contributed by atoms with Crippen molar-refractivity contribution in [1.29, 1.82) is 0 Å². The summed E-state index contributed by atoms with van der Waals surface area (Å²) in [5, 5.41) is 0. The van der Waals surface area contributed by atoms with E-state index in [1.165, 1.54) is 5.56 Å². The van der Waals surface area contributed by atoms with Gasteiger partial charge in [0.05, 0.1) is 19.3 Å². The Morgan fingerprint density at radius 1 is 1.03 bits per heavy atom. The average molecular weight is 454 g/mol. The van der Waals surface area contributed by atoms with Crippen molar-refractivity contribution in [3.05, 3.63) is 53.6 Å². The van der Waals surface area contributed by atoms with E-state index in [-0.39, 0.29) is 24.2 Å². The van der Waals surface area contributed by atoms with E-state index < -0.39 is 5.60 Å². The number of ether oxygens (including phenoxy) is 4. The van der Waals surface area contributed by atoms with Gasteiger partial charge in [-0.15, -0.1) is 0 Å². The second-order valence-electron chi connectivity index (χ2n) is 9.48. The van der Waals surface area contributed by atoms with Crippen molar-refractivity contribution in [3.8, 4) is 17.2 Å². The molecule has 2 aromatic rings. The van der Waals surface area contributed by atoms with Gasteiger partial charge in [0.25, 0.3) is 5.91 Å². The largest absolute Gasteiger partial charge is 0.493 e. The lowest BCUT2D eigenvalue weighted by molar-refractivity contribution is -0.141. The monoisotopic (exact) mass is 453 g/mol. The van der Waals surface area contributed by atoms with E-state index in [1.54, 1.807) is 13.2 Å². The number of hydrogen-bond donors (Lipinski definition) is 0. The zero-order valence-corrected chi connectivity index (χ0v) is 20.3. The molecular weight excluding hydrogens is 418 g/mol. The van der Waals surface area contributed by atoms with Gasteiger partial charge in [0.2, 0.25) is 0 Å². The van der Waals surface area contributed by atoms with Gasteiger partial charge in [-0.05, 0) is 57.5 Å². The molecule has 2 aliphatic rings. The van der Waals surface area contributed by atoms with Crippen molar-refractivity contribution in [2.45, 2.75) is 70.9 Å². The third kappa shape index (κ3) is 4.96. The van der Waals surface area contributed by atoms with E-state index in [9.17, 15) is 4.79 Å². The highest BCUT2D eigenvalue weighted by atomic mass is 16.6. The van der Waals surface area contributed by atoms with Gasteiger partial charge in [-0.25, -0.2) is 0 Å². The van der Waals surface area contributed by atoms with Crippen molar-refractivity contribution in [1.82, 2.24) is 4.90 Å². The minimum atomic E-state index is -0.415. The highest BCUT2D eigenvalue weighted by Gasteiger charge is 2.48. The first-order valence-electron chi connectivity index (χ1n) is 11.9. The Balaban J connectivity index is 1.50. The second kappa shape index (κ2) is 9.64. The maximum atomic E-state index is 13.3. The number of amides is 1. The van der Waals surface area contributed by atoms with Crippen LogP contribution in [0.1, 0.15) is 56.5 Å². The molecule has 1 unspecified atom stereocenters. The van der Waals surface area contributed by atoms with E-state index in [1.807, 2.05) is 49.1 Å². The maximum Gasteiger partial charge on any atom is 0.253 e. The van der Waals surface area contributed by atoms with Crippen LogP contribution in [-0.2, 0) is 11.2 Å². The molecule has 33 heavy (non-hydrogen) atoms. The summed E-state index contributed by atoms with van der Waals surface area (Å²) in [4.78, 5) is 15.2. The Bertz CT molecular complexity index is 978. The first-order chi connectivity index (χ1) is 15.8. The summed E-state index contributed by atoms with van der Waals surface area (Å²) in [6, 6.07) is 13.6. The van der Waals surface area contributed by atoms with Crippen LogP contribution in [0.4, 0.5) is 0 Å². The van der Waals surface area contributed by atoms with Crippen LogP contribution in [-0.4, -0.2) is 54.9 Å². The number of rotatable bonds is 6. The highest BCUT2D eigenvalue weighted by Crippen LogP contribution is 2.41. The fourth-order valence-corrected chi connectivity index (χ4v) is 4.79. The molecule has 0 N–H and O–H groups in total. The first kappa shape index (κ1) is 23.4. The van der Waals surface area contributed by atoms with E-state index in [0.29, 0.717) is 30.2 Å². The summed E-state index contributed by atoms with van der Waals surface area (Å²) < 4.78 is 24.2. The van der Waals surface area contributed by atoms with Crippen LogP contribution in [0.2, 0.25) is 0 Å². The summed E-state index contributed by atoms with van der Waals surface area (Å²) in [6.07, 6.45) is 2.40. The summed E-state index contributed by atoms with van der Waals surface area (Å²) in [5.41, 5.74) is 1.37. The van der Waals surface area contributed by atoms with Crippen LogP contribution >= 0.6 is 0 Å². The van der Waals surface area contributed by atoms with Crippen LogP contribution in [0.5, 0.6) is 17.2 Å². The number of hydrogen-bond acceptors (Lipinski definition) is 5. The first-order valence-corrected chi connectivity index (χ1v) is 11.9. The zero-order valence-electron chi connectivity index (χ0n) is 20.3. The molecule has 4 rings (SSSR count). The van der Waals surface area contributed by atoms with Crippen molar-refractivity contribution in [2.75, 3.05) is 20.2 Å². The van der Waals surface area contributed by atoms with Crippen LogP contribution in [0.15, 0.2) is 42.5 Å². The standard InChI is InChI=1S/C27H35NO5/c1-18(2)31-23-11-10-21(16-24(23)30-5)26(29)28-14-12-27(13-15-28)25(32-19(3)4)17-20-8-6-7-9-22(20)33-27/h6-11,16,18-19,25H,12-15,17H2,1-5H3. The number of benzene rings is 2. The molecule has 0 aromatic heterocycles. The molecule has 2 aliphatic heterocycles. The number of carbonyl (C=O) groups excluding carboxylic acids is 1. The lowest BCUT2D eigenvalue weighted by Gasteiger charge is -2.49. The summed E-state index contributed by atoms with van der Waals surface area (Å²) >= 11 is 0. The second-order valence-corrected chi connectivity index (χ2v) is 9.48. The van der Waals surface area contributed by atoms with Crippen molar-refractivity contribution < 1.29 is 23.7 Å².